The molecule has 2 aromatic carbocycles. The van der Waals surface area contributed by atoms with Crippen LogP contribution in [0.2, 0.25) is 0 Å². The Balaban J connectivity index is 1.70. The molecule has 2 aromatic heterocycles. The molecular formula is C27H34N4+2. The highest BCUT2D eigenvalue weighted by atomic mass is 15.3. The molecule has 0 unspecified atom stereocenters. The highest BCUT2D eigenvalue weighted by Gasteiger charge is 2.23. The lowest BCUT2D eigenvalue weighted by Crippen LogP contribution is -2.53. The van der Waals surface area contributed by atoms with E-state index in [2.05, 4.69) is 123 Å². The van der Waals surface area contributed by atoms with Crippen LogP contribution in [-0.2, 0) is 6.67 Å². The minimum atomic E-state index is 0.783. The van der Waals surface area contributed by atoms with E-state index in [-0.39, 0.29) is 0 Å². The standard InChI is InChI=1S/C27H34N4/c1-18-13-20(3)26(21(4)14-18)30-11-9-28(24(30)7)17-29-10-12-31(25(29)8)27-22(5)15-19(2)16-23(27)6/h9-16H,17H2,1-8H3/q+2. The molecule has 0 saturated heterocycles. The SMILES string of the molecule is Cc1cc(C)c(-n2cc[n+](C[n+]3ccn(-c4c(C)cc(C)cc4C)c3C)c2C)c(C)c1. The second kappa shape index (κ2) is 7.84. The number of hydrogen-bond donors (Lipinski definition) is 0. The Labute approximate surface area is 186 Å². The lowest BCUT2D eigenvalue weighted by atomic mass is 10.0. The maximum absolute atomic E-state index is 2.31. The van der Waals surface area contributed by atoms with Crippen molar-refractivity contribution >= 4 is 0 Å². The monoisotopic (exact) mass is 414 g/mol. The summed E-state index contributed by atoms with van der Waals surface area (Å²) in [5.74, 6) is 2.44. The highest BCUT2D eigenvalue weighted by Crippen LogP contribution is 2.23. The average molecular weight is 415 g/mol. The van der Waals surface area contributed by atoms with Gasteiger partial charge in [-0.3, -0.25) is 0 Å². The molecule has 0 fully saturated rings. The summed E-state index contributed by atoms with van der Waals surface area (Å²) in [5, 5.41) is 0. The third-order valence-electron chi connectivity index (χ3n) is 6.38. The van der Waals surface area contributed by atoms with Crippen LogP contribution in [0.1, 0.15) is 45.0 Å². The van der Waals surface area contributed by atoms with E-state index < -0.39 is 0 Å². The van der Waals surface area contributed by atoms with Crippen LogP contribution >= 0.6 is 0 Å². The Kier molecular flexibility index (Phi) is 5.34. The van der Waals surface area contributed by atoms with Crippen molar-refractivity contribution in [3.05, 3.63) is 94.1 Å². The number of imidazole rings is 2. The number of hydrogen-bond acceptors (Lipinski definition) is 0. The van der Waals surface area contributed by atoms with Crippen molar-refractivity contribution in [3.8, 4) is 11.4 Å². The summed E-state index contributed by atoms with van der Waals surface area (Å²) in [4.78, 5) is 0. The minimum absolute atomic E-state index is 0.783. The van der Waals surface area contributed by atoms with Gasteiger partial charge in [-0.2, -0.15) is 18.3 Å². The topological polar surface area (TPSA) is 17.6 Å². The van der Waals surface area contributed by atoms with Crippen molar-refractivity contribution in [2.24, 2.45) is 0 Å². The van der Waals surface area contributed by atoms with Gasteiger partial charge in [0.15, 0.2) is 0 Å². The predicted octanol–water partition coefficient (Wildman–Crippen LogP) is 4.82. The Morgan fingerprint density at radius 3 is 1.19 bits per heavy atom. The minimum Gasteiger partial charge on any atom is -0.199 e. The first-order chi connectivity index (χ1) is 14.7. The number of rotatable bonds is 4. The largest absolute Gasteiger partial charge is 0.261 e. The average Bonchev–Trinajstić information content (AvgIpc) is 3.19. The molecule has 0 radical (unpaired) electrons. The Morgan fingerprint density at radius 2 is 0.871 bits per heavy atom. The summed E-state index contributed by atoms with van der Waals surface area (Å²) in [6.07, 6.45) is 8.72. The molecule has 31 heavy (non-hydrogen) atoms. The van der Waals surface area contributed by atoms with E-state index in [1.165, 1.54) is 56.4 Å². The van der Waals surface area contributed by atoms with Crippen molar-refractivity contribution in [2.45, 2.75) is 62.1 Å². The molecule has 4 rings (SSSR count). The first kappa shape index (κ1) is 21.1. The van der Waals surface area contributed by atoms with Crippen LogP contribution in [0.15, 0.2) is 49.1 Å². The third-order valence-corrected chi connectivity index (χ3v) is 6.38. The molecule has 0 aliphatic carbocycles. The summed E-state index contributed by atoms with van der Waals surface area (Å²) in [6.45, 7) is 18.3. The van der Waals surface area contributed by atoms with Crippen molar-refractivity contribution in [2.75, 3.05) is 0 Å². The van der Waals surface area contributed by atoms with Gasteiger partial charge in [-0.15, -0.1) is 0 Å². The van der Waals surface area contributed by atoms with Gasteiger partial charge in [0.05, 0.1) is 0 Å². The number of aryl methyl sites for hydroxylation is 6. The van der Waals surface area contributed by atoms with E-state index in [1.807, 2.05) is 0 Å². The van der Waals surface area contributed by atoms with Gasteiger partial charge in [-0.05, 0) is 63.8 Å². The zero-order valence-corrected chi connectivity index (χ0v) is 20.1. The first-order valence-corrected chi connectivity index (χ1v) is 11.0. The fourth-order valence-corrected chi connectivity index (χ4v) is 5.04. The predicted molar refractivity (Wildman–Crippen MR) is 125 cm³/mol. The van der Waals surface area contributed by atoms with E-state index in [4.69, 9.17) is 0 Å². The first-order valence-electron chi connectivity index (χ1n) is 11.0. The molecule has 0 bridgehead atoms. The fourth-order valence-electron chi connectivity index (χ4n) is 5.04. The third kappa shape index (κ3) is 3.71. The number of aromatic nitrogens is 4. The maximum Gasteiger partial charge on any atom is 0.261 e. The van der Waals surface area contributed by atoms with Gasteiger partial charge in [-0.25, -0.2) is 0 Å². The lowest BCUT2D eigenvalue weighted by molar-refractivity contribution is -0.917. The van der Waals surface area contributed by atoms with E-state index >= 15 is 0 Å². The Bertz CT molecular complexity index is 1140. The smallest absolute Gasteiger partial charge is 0.199 e. The second-order valence-corrected chi connectivity index (χ2v) is 9.01. The van der Waals surface area contributed by atoms with Gasteiger partial charge in [0.1, 0.15) is 36.2 Å². The molecule has 0 saturated carbocycles. The van der Waals surface area contributed by atoms with Gasteiger partial charge in [0.2, 0.25) is 6.67 Å². The van der Waals surface area contributed by atoms with Crippen molar-refractivity contribution in [1.29, 1.82) is 0 Å². The van der Waals surface area contributed by atoms with Crippen LogP contribution in [0.4, 0.5) is 0 Å². The van der Waals surface area contributed by atoms with E-state index in [9.17, 15) is 0 Å². The molecule has 0 atom stereocenters. The van der Waals surface area contributed by atoms with E-state index in [1.54, 1.807) is 0 Å². The van der Waals surface area contributed by atoms with Gasteiger partial charge >= 0.3 is 0 Å². The number of nitrogens with zero attached hydrogens (tertiary/aromatic N) is 4. The van der Waals surface area contributed by atoms with Gasteiger partial charge in [0, 0.05) is 13.8 Å². The molecule has 0 spiro atoms. The second-order valence-electron chi connectivity index (χ2n) is 9.01. The van der Waals surface area contributed by atoms with Gasteiger partial charge in [-0.1, -0.05) is 35.4 Å². The zero-order valence-electron chi connectivity index (χ0n) is 20.1. The highest BCUT2D eigenvalue weighted by molar-refractivity contribution is 5.50. The fraction of sp³-hybridized carbons (Fsp3) is 0.333. The molecule has 160 valence electrons. The van der Waals surface area contributed by atoms with Crippen LogP contribution in [-0.4, -0.2) is 9.13 Å². The maximum atomic E-state index is 2.31. The molecule has 4 heteroatoms. The van der Waals surface area contributed by atoms with E-state index in [0.29, 0.717) is 0 Å². The molecule has 0 N–H and O–H groups in total. The van der Waals surface area contributed by atoms with Crippen molar-refractivity contribution < 1.29 is 9.13 Å². The number of benzene rings is 2. The normalized spacial score (nSPS) is 11.4. The molecule has 0 aliphatic heterocycles. The summed E-state index contributed by atoms with van der Waals surface area (Å²) >= 11 is 0. The molecule has 2 heterocycles. The van der Waals surface area contributed by atoms with Crippen LogP contribution in [0, 0.1) is 55.4 Å². The zero-order chi connectivity index (χ0) is 22.4. The van der Waals surface area contributed by atoms with Gasteiger partial charge < -0.3 is 0 Å². The van der Waals surface area contributed by atoms with Crippen LogP contribution < -0.4 is 9.13 Å². The molecule has 0 aliphatic rings. The molecule has 4 nitrogen and oxygen atoms in total. The summed E-state index contributed by atoms with van der Waals surface area (Å²) in [6, 6.07) is 9.05. The summed E-state index contributed by atoms with van der Waals surface area (Å²) in [7, 11) is 0. The van der Waals surface area contributed by atoms with Crippen molar-refractivity contribution in [3.63, 3.8) is 0 Å². The van der Waals surface area contributed by atoms with E-state index in [0.717, 1.165) is 6.67 Å². The molecule has 0 amide bonds. The lowest BCUT2D eigenvalue weighted by Gasteiger charge is -2.09. The Hall–Kier alpha value is -3.14. The van der Waals surface area contributed by atoms with Crippen LogP contribution in [0.5, 0.6) is 0 Å². The molecule has 4 aromatic rings. The van der Waals surface area contributed by atoms with Crippen LogP contribution in [0.3, 0.4) is 0 Å². The van der Waals surface area contributed by atoms with Crippen LogP contribution in [0.25, 0.3) is 11.4 Å². The van der Waals surface area contributed by atoms with Gasteiger partial charge in [0.25, 0.3) is 11.6 Å². The Morgan fingerprint density at radius 1 is 0.548 bits per heavy atom. The quantitative estimate of drug-likeness (QED) is 0.426. The summed E-state index contributed by atoms with van der Waals surface area (Å²) in [5.41, 5.74) is 10.4. The van der Waals surface area contributed by atoms with Crippen molar-refractivity contribution in [1.82, 2.24) is 9.13 Å². The summed E-state index contributed by atoms with van der Waals surface area (Å²) < 4.78 is 9.24. The molecular weight excluding hydrogens is 380 g/mol.